The van der Waals surface area contributed by atoms with E-state index in [4.69, 9.17) is 10.8 Å². The second-order valence-electron chi connectivity index (χ2n) is 4.26. The number of amides is 1. The average Bonchev–Trinajstić information content (AvgIpc) is 2.21. The number of carbonyl (C=O) groups is 2. The van der Waals surface area contributed by atoms with Crippen molar-refractivity contribution in [3.05, 3.63) is 0 Å². The Bertz CT molecular complexity index is 241. The van der Waals surface area contributed by atoms with Gasteiger partial charge in [-0.05, 0) is 20.3 Å². The molecule has 0 aliphatic carbocycles. The molecule has 1 atom stereocenters. The molecule has 16 heavy (non-hydrogen) atoms. The van der Waals surface area contributed by atoms with Crippen LogP contribution < -0.4 is 5.73 Å². The third kappa shape index (κ3) is 5.11. The van der Waals surface area contributed by atoms with Gasteiger partial charge in [0.25, 0.3) is 0 Å². The normalized spacial score (nSPS) is 12.6. The van der Waals surface area contributed by atoms with Crippen LogP contribution in [0.3, 0.4) is 0 Å². The maximum atomic E-state index is 11.9. The number of rotatable bonds is 7. The van der Waals surface area contributed by atoms with Crippen LogP contribution in [0.2, 0.25) is 0 Å². The fourth-order valence-electron chi connectivity index (χ4n) is 1.41. The van der Waals surface area contributed by atoms with Crippen LogP contribution in [0.1, 0.15) is 33.6 Å². The Labute approximate surface area is 96.6 Å². The lowest BCUT2D eigenvalue weighted by atomic mass is 10.1. The number of nitrogens with two attached hydrogens (primary N) is 1. The summed E-state index contributed by atoms with van der Waals surface area (Å²) in [5.41, 5.74) is 5.45. The first-order chi connectivity index (χ1) is 7.40. The summed E-state index contributed by atoms with van der Waals surface area (Å²) >= 11 is 0. The molecule has 0 rings (SSSR count). The smallest absolute Gasteiger partial charge is 0.303 e. The first kappa shape index (κ1) is 14.9. The second-order valence-corrected chi connectivity index (χ2v) is 4.26. The molecule has 0 heterocycles. The summed E-state index contributed by atoms with van der Waals surface area (Å²) in [6.45, 7) is 6.42. The number of nitrogens with zero attached hydrogens (tertiary/aromatic N) is 1. The monoisotopic (exact) mass is 230 g/mol. The maximum Gasteiger partial charge on any atom is 0.303 e. The van der Waals surface area contributed by atoms with Gasteiger partial charge >= 0.3 is 5.97 Å². The second kappa shape index (κ2) is 7.22. The van der Waals surface area contributed by atoms with Gasteiger partial charge in [-0.1, -0.05) is 6.92 Å². The van der Waals surface area contributed by atoms with Gasteiger partial charge in [0.15, 0.2) is 0 Å². The number of carbonyl (C=O) groups excluding carboxylic acids is 1. The summed E-state index contributed by atoms with van der Waals surface area (Å²) in [5.74, 6) is -1.03. The Morgan fingerprint density at radius 1 is 1.31 bits per heavy atom. The Morgan fingerprint density at radius 2 is 1.88 bits per heavy atom. The molecule has 0 spiro atoms. The van der Waals surface area contributed by atoms with E-state index in [1.165, 1.54) is 0 Å². The van der Waals surface area contributed by atoms with Crippen molar-refractivity contribution in [3.8, 4) is 0 Å². The number of hydrogen-bond acceptors (Lipinski definition) is 3. The summed E-state index contributed by atoms with van der Waals surface area (Å²) in [5, 5.41) is 8.54. The van der Waals surface area contributed by atoms with Crippen molar-refractivity contribution in [1.29, 1.82) is 0 Å². The lowest BCUT2D eigenvalue weighted by Gasteiger charge is -2.29. The number of carboxylic acids is 1. The highest BCUT2D eigenvalue weighted by Gasteiger charge is 2.21. The first-order valence-corrected chi connectivity index (χ1v) is 5.62. The van der Waals surface area contributed by atoms with Crippen molar-refractivity contribution >= 4 is 11.9 Å². The molecule has 1 unspecified atom stereocenters. The summed E-state index contributed by atoms with van der Waals surface area (Å²) in [4.78, 5) is 24.0. The minimum atomic E-state index is -0.831. The third-order valence-electron chi connectivity index (χ3n) is 2.47. The molecule has 0 saturated heterocycles. The summed E-state index contributed by atoms with van der Waals surface area (Å²) in [6, 6.07) is 0.0790. The molecule has 0 aliphatic rings. The van der Waals surface area contributed by atoms with Gasteiger partial charge in [0, 0.05) is 31.5 Å². The van der Waals surface area contributed by atoms with E-state index in [0.29, 0.717) is 19.5 Å². The van der Waals surface area contributed by atoms with E-state index in [1.54, 1.807) is 11.8 Å². The molecule has 5 heteroatoms. The minimum Gasteiger partial charge on any atom is -0.481 e. The van der Waals surface area contributed by atoms with Crippen molar-refractivity contribution in [1.82, 2.24) is 4.90 Å². The van der Waals surface area contributed by atoms with Crippen LogP contribution in [0.5, 0.6) is 0 Å². The van der Waals surface area contributed by atoms with Crippen LogP contribution in [0.4, 0.5) is 0 Å². The van der Waals surface area contributed by atoms with E-state index in [1.807, 2.05) is 13.8 Å². The SMILES string of the molecule is CC(CN)C(=O)N(CCCC(=O)O)C(C)C. The molecule has 0 aromatic carbocycles. The highest BCUT2D eigenvalue weighted by Crippen LogP contribution is 2.08. The van der Waals surface area contributed by atoms with E-state index in [2.05, 4.69) is 0 Å². The molecule has 5 nitrogen and oxygen atoms in total. The van der Waals surface area contributed by atoms with E-state index >= 15 is 0 Å². The van der Waals surface area contributed by atoms with Crippen LogP contribution in [0.15, 0.2) is 0 Å². The molecular weight excluding hydrogens is 208 g/mol. The fourth-order valence-corrected chi connectivity index (χ4v) is 1.41. The van der Waals surface area contributed by atoms with E-state index in [0.717, 1.165) is 0 Å². The van der Waals surface area contributed by atoms with Gasteiger partial charge in [0.05, 0.1) is 0 Å². The zero-order chi connectivity index (χ0) is 12.7. The quantitative estimate of drug-likeness (QED) is 0.673. The van der Waals surface area contributed by atoms with Gasteiger partial charge in [-0.2, -0.15) is 0 Å². The zero-order valence-electron chi connectivity index (χ0n) is 10.3. The molecular formula is C11H22N2O3. The van der Waals surface area contributed by atoms with Gasteiger partial charge in [-0.15, -0.1) is 0 Å². The van der Waals surface area contributed by atoms with Gasteiger partial charge in [0.1, 0.15) is 0 Å². The molecule has 0 bridgehead atoms. The van der Waals surface area contributed by atoms with Crippen molar-refractivity contribution in [2.24, 2.45) is 11.7 Å². The lowest BCUT2D eigenvalue weighted by Crippen LogP contribution is -2.42. The molecule has 0 aromatic rings. The third-order valence-corrected chi connectivity index (χ3v) is 2.47. The molecule has 0 aliphatic heterocycles. The van der Waals surface area contributed by atoms with E-state index in [9.17, 15) is 9.59 Å². The molecule has 0 fully saturated rings. The maximum absolute atomic E-state index is 11.9. The van der Waals surface area contributed by atoms with Crippen LogP contribution >= 0.6 is 0 Å². The summed E-state index contributed by atoms with van der Waals surface area (Å²) < 4.78 is 0. The Balaban J connectivity index is 4.27. The van der Waals surface area contributed by atoms with Crippen molar-refractivity contribution < 1.29 is 14.7 Å². The van der Waals surface area contributed by atoms with Gasteiger partial charge in [0.2, 0.25) is 5.91 Å². The van der Waals surface area contributed by atoms with Gasteiger partial charge in [-0.3, -0.25) is 9.59 Å². The Morgan fingerprint density at radius 3 is 2.25 bits per heavy atom. The first-order valence-electron chi connectivity index (χ1n) is 5.62. The molecule has 3 N–H and O–H groups in total. The van der Waals surface area contributed by atoms with Crippen molar-refractivity contribution in [3.63, 3.8) is 0 Å². The fraction of sp³-hybridized carbons (Fsp3) is 0.818. The Hall–Kier alpha value is -1.10. The largest absolute Gasteiger partial charge is 0.481 e. The average molecular weight is 230 g/mol. The van der Waals surface area contributed by atoms with Gasteiger partial charge in [-0.25, -0.2) is 0 Å². The number of aliphatic carboxylic acids is 1. The number of hydrogen-bond donors (Lipinski definition) is 2. The van der Waals surface area contributed by atoms with Gasteiger partial charge < -0.3 is 15.7 Å². The molecule has 0 radical (unpaired) electrons. The van der Waals surface area contributed by atoms with E-state index in [-0.39, 0.29) is 24.3 Å². The van der Waals surface area contributed by atoms with Crippen molar-refractivity contribution in [2.75, 3.05) is 13.1 Å². The predicted molar refractivity (Wildman–Crippen MR) is 61.9 cm³/mol. The summed E-state index contributed by atoms with van der Waals surface area (Å²) in [6.07, 6.45) is 0.573. The van der Waals surface area contributed by atoms with Crippen LogP contribution in [0, 0.1) is 5.92 Å². The van der Waals surface area contributed by atoms with Crippen LogP contribution in [0.25, 0.3) is 0 Å². The highest BCUT2D eigenvalue weighted by atomic mass is 16.4. The van der Waals surface area contributed by atoms with E-state index < -0.39 is 5.97 Å². The minimum absolute atomic E-state index is 0.00267. The predicted octanol–water partition coefficient (Wildman–Crippen LogP) is 0.683. The lowest BCUT2D eigenvalue weighted by molar-refractivity contribution is -0.139. The standard InChI is InChI=1S/C11H22N2O3/c1-8(2)13(6-4-5-10(14)15)11(16)9(3)7-12/h8-9H,4-7,12H2,1-3H3,(H,14,15). The van der Waals surface area contributed by atoms with Crippen LogP contribution in [-0.2, 0) is 9.59 Å². The molecule has 0 saturated carbocycles. The highest BCUT2D eigenvalue weighted by molar-refractivity contribution is 5.79. The molecule has 94 valence electrons. The molecule has 0 aromatic heterocycles. The zero-order valence-corrected chi connectivity index (χ0v) is 10.3. The van der Waals surface area contributed by atoms with Crippen LogP contribution in [-0.4, -0.2) is 41.0 Å². The van der Waals surface area contributed by atoms with Crippen molar-refractivity contribution in [2.45, 2.75) is 39.7 Å². The Kier molecular flexibility index (Phi) is 6.72. The topological polar surface area (TPSA) is 83.6 Å². The summed E-state index contributed by atoms with van der Waals surface area (Å²) in [7, 11) is 0. The number of carboxylic acid groups (broad SMARTS) is 1. The molecule has 1 amide bonds.